The standard InChI is InChI=1S/C19H24O4/c1-9(2)18(20)22-15-8-14-10(3)6-7-13-11(4)19(21)23-17(13)16(14)12(15)5/h9,13-17H,3-8H2,1-2H3/t13-,14-,15-,16-,17-/m0/s1. The summed E-state index contributed by atoms with van der Waals surface area (Å²) in [4.78, 5) is 23.9. The fraction of sp³-hybridized carbons (Fsp3) is 0.579. The molecule has 1 heterocycles. The van der Waals surface area contributed by atoms with Crippen molar-refractivity contribution in [3.63, 3.8) is 0 Å². The maximum atomic E-state index is 11.9. The van der Waals surface area contributed by atoms with Crippen LogP contribution in [0.4, 0.5) is 0 Å². The van der Waals surface area contributed by atoms with Crippen molar-refractivity contribution in [1.82, 2.24) is 0 Å². The molecule has 0 aromatic heterocycles. The summed E-state index contributed by atoms with van der Waals surface area (Å²) in [5, 5.41) is 0. The van der Waals surface area contributed by atoms with Crippen LogP contribution in [0.3, 0.4) is 0 Å². The lowest BCUT2D eigenvalue weighted by atomic mass is 9.82. The Balaban J connectivity index is 1.87. The summed E-state index contributed by atoms with van der Waals surface area (Å²) in [5.74, 6) is -0.549. The lowest BCUT2D eigenvalue weighted by molar-refractivity contribution is -0.151. The zero-order valence-corrected chi connectivity index (χ0v) is 13.8. The molecule has 0 radical (unpaired) electrons. The second-order valence-corrected chi connectivity index (χ2v) is 7.22. The zero-order chi connectivity index (χ0) is 16.9. The average molecular weight is 316 g/mol. The molecule has 0 spiro atoms. The molecular formula is C19H24O4. The van der Waals surface area contributed by atoms with Crippen molar-refractivity contribution in [3.8, 4) is 0 Å². The Morgan fingerprint density at radius 3 is 2.61 bits per heavy atom. The van der Waals surface area contributed by atoms with Gasteiger partial charge < -0.3 is 9.47 Å². The summed E-state index contributed by atoms with van der Waals surface area (Å²) in [5.41, 5.74) is 2.54. The molecule has 0 aromatic rings. The predicted octanol–water partition coefficient (Wildman–Crippen LogP) is 3.19. The highest BCUT2D eigenvalue weighted by Gasteiger charge is 2.53. The molecule has 3 aliphatic rings. The van der Waals surface area contributed by atoms with Crippen LogP contribution >= 0.6 is 0 Å². The highest BCUT2D eigenvalue weighted by atomic mass is 16.6. The molecule has 4 heteroatoms. The summed E-state index contributed by atoms with van der Waals surface area (Å²) in [6, 6.07) is 0. The van der Waals surface area contributed by atoms with Crippen LogP contribution in [0.1, 0.15) is 33.1 Å². The van der Waals surface area contributed by atoms with Crippen molar-refractivity contribution in [2.24, 2.45) is 23.7 Å². The monoisotopic (exact) mass is 316 g/mol. The molecule has 3 rings (SSSR count). The number of rotatable bonds is 2. The number of ether oxygens (including phenoxy) is 2. The van der Waals surface area contributed by atoms with E-state index in [2.05, 4.69) is 19.7 Å². The van der Waals surface area contributed by atoms with Gasteiger partial charge in [-0.05, 0) is 30.8 Å². The van der Waals surface area contributed by atoms with Gasteiger partial charge in [0.25, 0.3) is 0 Å². The van der Waals surface area contributed by atoms with E-state index in [9.17, 15) is 9.59 Å². The largest absolute Gasteiger partial charge is 0.458 e. The summed E-state index contributed by atoms with van der Waals surface area (Å²) >= 11 is 0. The minimum Gasteiger partial charge on any atom is -0.458 e. The minimum absolute atomic E-state index is 0.0190. The Kier molecular flexibility index (Phi) is 3.95. The van der Waals surface area contributed by atoms with Crippen molar-refractivity contribution in [3.05, 3.63) is 36.5 Å². The molecule has 0 aromatic carbocycles. The van der Waals surface area contributed by atoms with Gasteiger partial charge in [0.15, 0.2) is 0 Å². The number of hydrogen-bond donors (Lipinski definition) is 0. The molecule has 2 aliphatic carbocycles. The van der Waals surface area contributed by atoms with Crippen LogP contribution in [0.2, 0.25) is 0 Å². The molecule has 0 unspecified atom stereocenters. The van der Waals surface area contributed by atoms with Crippen LogP contribution in [0.15, 0.2) is 36.5 Å². The fourth-order valence-electron chi connectivity index (χ4n) is 4.08. The fourth-order valence-corrected chi connectivity index (χ4v) is 4.08. The number of fused-ring (bicyclic) bond motifs is 3. The molecule has 0 N–H and O–H groups in total. The molecule has 23 heavy (non-hydrogen) atoms. The van der Waals surface area contributed by atoms with Gasteiger partial charge in [-0.3, -0.25) is 4.79 Å². The average Bonchev–Trinajstić information content (AvgIpc) is 2.90. The normalized spacial score (nSPS) is 36.6. The van der Waals surface area contributed by atoms with Gasteiger partial charge in [-0.25, -0.2) is 4.79 Å². The number of allylic oxidation sites excluding steroid dienone is 1. The van der Waals surface area contributed by atoms with E-state index < -0.39 is 0 Å². The van der Waals surface area contributed by atoms with E-state index in [1.165, 1.54) is 0 Å². The Labute approximate surface area is 137 Å². The second kappa shape index (κ2) is 5.66. The lowest BCUT2D eigenvalue weighted by Crippen LogP contribution is -2.29. The number of hydrogen-bond acceptors (Lipinski definition) is 4. The van der Waals surface area contributed by atoms with Gasteiger partial charge in [0.1, 0.15) is 12.2 Å². The summed E-state index contributed by atoms with van der Waals surface area (Å²) < 4.78 is 11.2. The first kappa shape index (κ1) is 16.0. The first-order chi connectivity index (χ1) is 10.8. The molecule has 1 saturated heterocycles. The van der Waals surface area contributed by atoms with Crippen molar-refractivity contribution in [2.75, 3.05) is 0 Å². The van der Waals surface area contributed by atoms with Gasteiger partial charge >= 0.3 is 11.9 Å². The summed E-state index contributed by atoms with van der Waals surface area (Å²) in [6.45, 7) is 15.9. The van der Waals surface area contributed by atoms with E-state index in [1.54, 1.807) is 0 Å². The molecule has 1 aliphatic heterocycles. The number of carbonyl (C=O) groups excluding carboxylic acids is 2. The quantitative estimate of drug-likeness (QED) is 0.446. The van der Waals surface area contributed by atoms with Gasteiger partial charge in [0, 0.05) is 17.4 Å². The Morgan fingerprint density at radius 1 is 1.26 bits per heavy atom. The van der Waals surface area contributed by atoms with Gasteiger partial charge in [-0.2, -0.15) is 0 Å². The van der Waals surface area contributed by atoms with Crippen LogP contribution in [0.25, 0.3) is 0 Å². The topological polar surface area (TPSA) is 52.6 Å². The molecular weight excluding hydrogens is 292 g/mol. The molecule has 0 bridgehead atoms. The summed E-state index contributed by atoms with van der Waals surface area (Å²) in [7, 11) is 0. The maximum absolute atomic E-state index is 11.9. The van der Waals surface area contributed by atoms with Crippen molar-refractivity contribution >= 4 is 11.9 Å². The van der Waals surface area contributed by atoms with Crippen LogP contribution in [0.5, 0.6) is 0 Å². The van der Waals surface area contributed by atoms with Crippen LogP contribution < -0.4 is 0 Å². The highest BCUT2D eigenvalue weighted by molar-refractivity contribution is 5.91. The van der Waals surface area contributed by atoms with Crippen molar-refractivity contribution < 1.29 is 19.1 Å². The molecule has 2 saturated carbocycles. The van der Waals surface area contributed by atoms with E-state index in [4.69, 9.17) is 9.47 Å². The molecule has 124 valence electrons. The van der Waals surface area contributed by atoms with Crippen molar-refractivity contribution in [2.45, 2.75) is 45.3 Å². The highest BCUT2D eigenvalue weighted by Crippen LogP contribution is 2.52. The van der Waals surface area contributed by atoms with E-state index in [0.29, 0.717) is 12.0 Å². The SMILES string of the molecule is C=C1[C@@H]2[C@H]3OC(=O)C(=C)[C@@H]3CCC(=C)[C@@H]2C[C@@H]1OC(=O)C(C)C. The van der Waals surface area contributed by atoms with E-state index in [-0.39, 0.29) is 47.8 Å². The maximum Gasteiger partial charge on any atom is 0.334 e. The second-order valence-electron chi connectivity index (χ2n) is 7.22. The third-order valence-electron chi connectivity index (χ3n) is 5.48. The van der Waals surface area contributed by atoms with Gasteiger partial charge in [-0.1, -0.05) is 39.2 Å². The smallest absolute Gasteiger partial charge is 0.334 e. The minimum atomic E-state index is -0.317. The zero-order valence-electron chi connectivity index (χ0n) is 13.8. The van der Waals surface area contributed by atoms with Crippen LogP contribution in [-0.4, -0.2) is 24.1 Å². The summed E-state index contributed by atoms with van der Waals surface area (Å²) in [6.07, 6.45) is 1.81. The Morgan fingerprint density at radius 2 is 1.96 bits per heavy atom. The van der Waals surface area contributed by atoms with Crippen molar-refractivity contribution in [1.29, 1.82) is 0 Å². The third-order valence-corrected chi connectivity index (χ3v) is 5.48. The van der Waals surface area contributed by atoms with E-state index >= 15 is 0 Å². The first-order valence-electron chi connectivity index (χ1n) is 8.27. The number of carbonyl (C=O) groups is 2. The van der Waals surface area contributed by atoms with Crippen LogP contribution in [0, 0.1) is 23.7 Å². The first-order valence-corrected chi connectivity index (χ1v) is 8.27. The lowest BCUT2D eigenvalue weighted by Gasteiger charge is -2.26. The predicted molar refractivity (Wildman–Crippen MR) is 86.3 cm³/mol. The molecule has 4 nitrogen and oxygen atoms in total. The molecule has 3 fully saturated rings. The van der Waals surface area contributed by atoms with E-state index in [0.717, 1.165) is 24.0 Å². The van der Waals surface area contributed by atoms with Crippen LogP contribution in [-0.2, 0) is 19.1 Å². The number of esters is 2. The van der Waals surface area contributed by atoms with E-state index in [1.807, 2.05) is 13.8 Å². The molecule has 0 amide bonds. The van der Waals surface area contributed by atoms with Gasteiger partial charge in [0.2, 0.25) is 0 Å². The van der Waals surface area contributed by atoms with Gasteiger partial charge in [-0.15, -0.1) is 0 Å². The molecule has 5 atom stereocenters. The third kappa shape index (κ3) is 2.54. The Bertz CT molecular complexity index is 600. The Hall–Kier alpha value is -1.84. The van der Waals surface area contributed by atoms with Gasteiger partial charge in [0.05, 0.1) is 5.92 Å².